The SMILES string of the molecule is CCC(=O)NCC(=O)OC(C)C1CC1. The van der Waals surface area contributed by atoms with Crippen LogP contribution in [0.2, 0.25) is 0 Å². The summed E-state index contributed by atoms with van der Waals surface area (Å²) < 4.78 is 5.12. The fourth-order valence-corrected chi connectivity index (χ4v) is 1.21. The molecule has 1 atom stereocenters. The number of ether oxygens (including phenoxy) is 1. The molecule has 1 N–H and O–H groups in total. The van der Waals surface area contributed by atoms with Crippen molar-refractivity contribution in [3.8, 4) is 0 Å². The van der Waals surface area contributed by atoms with Gasteiger partial charge in [0.1, 0.15) is 12.6 Å². The Labute approximate surface area is 84.0 Å². The summed E-state index contributed by atoms with van der Waals surface area (Å²) in [7, 11) is 0. The van der Waals surface area contributed by atoms with Crippen molar-refractivity contribution in [2.24, 2.45) is 5.92 Å². The average Bonchev–Trinajstić information content (AvgIpc) is 2.97. The van der Waals surface area contributed by atoms with Crippen molar-refractivity contribution in [3.63, 3.8) is 0 Å². The first-order valence-corrected chi connectivity index (χ1v) is 5.09. The second kappa shape index (κ2) is 4.98. The van der Waals surface area contributed by atoms with E-state index in [0.717, 1.165) is 12.8 Å². The van der Waals surface area contributed by atoms with Gasteiger partial charge in [0.2, 0.25) is 5.91 Å². The minimum absolute atomic E-state index is 0.000952. The third-order valence-corrected chi connectivity index (χ3v) is 2.35. The Hall–Kier alpha value is -1.06. The normalized spacial score (nSPS) is 17.3. The number of carbonyl (C=O) groups excluding carboxylic acids is 2. The summed E-state index contributed by atoms with van der Waals surface area (Å²) in [5.74, 6) is 0.0769. The van der Waals surface area contributed by atoms with Crippen molar-refractivity contribution in [1.29, 1.82) is 0 Å². The van der Waals surface area contributed by atoms with E-state index in [-0.39, 0.29) is 24.5 Å². The van der Waals surface area contributed by atoms with Gasteiger partial charge in [0.15, 0.2) is 0 Å². The topological polar surface area (TPSA) is 55.4 Å². The van der Waals surface area contributed by atoms with Crippen LogP contribution in [0.1, 0.15) is 33.1 Å². The van der Waals surface area contributed by atoms with E-state index in [1.165, 1.54) is 0 Å². The summed E-state index contributed by atoms with van der Waals surface area (Å²) in [5.41, 5.74) is 0. The molecule has 0 aromatic carbocycles. The van der Waals surface area contributed by atoms with Crippen LogP contribution in [-0.4, -0.2) is 24.5 Å². The lowest BCUT2D eigenvalue weighted by Crippen LogP contribution is -2.31. The maximum absolute atomic E-state index is 11.2. The van der Waals surface area contributed by atoms with E-state index in [1.54, 1.807) is 6.92 Å². The van der Waals surface area contributed by atoms with Gasteiger partial charge in [0, 0.05) is 6.42 Å². The summed E-state index contributed by atoms with van der Waals surface area (Å²) in [6.45, 7) is 3.63. The molecule has 0 aromatic heterocycles. The highest BCUT2D eigenvalue weighted by Crippen LogP contribution is 2.33. The first kappa shape index (κ1) is 11.0. The zero-order valence-electron chi connectivity index (χ0n) is 8.71. The molecule has 1 rings (SSSR count). The van der Waals surface area contributed by atoms with Gasteiger partial charge in [-0.15, -0.1) is 0 Å². The van der Waals surface area contributed by atoms with Crippen LogP contribution in [0.15, 0.2) is 0 Å². The number of carbonyl (C=O) groups is 2. The van der Waals surface area contributed by atoms with Crippen LogP contribution < -0.4 is 5.32 Å². The Morgan fingerprint density at radius 1 is 1.50 bits per heavy atom. The second-order valence-corrected chi connectivity index (χ2v) is 3.66. The highest BCUT2D eigenvalue weighted by Gasteiger charge is 2.30. The molecule has 4 nitrogen and oxygen atoms in total. The van der Waals surface area contributed by atoms with Gasteiger partial charge in [0.05, 0.1) is 0 Å². The van der Waals surface area contributed by atoms with Gasteiger partial charge in [-0.3, -0.25) is 9.59 Å². The molecule has 1 aliphatic rings. The monoisotopic (exact) mass is 199 g/mol. The summed E-state index contributed by atoms with van der Waals surface area (Å²) in [6, 6.07) is 0. The molecule has 1 amide bonds. The minimum atomic E-state index is -0.341. The molecule has 0 radical (unpaired) electrons. The van der Waals surface area contributed by atoms with Crippen molar-refractivity contribution in [1.82, 2.24) is 5.32 Å². The zero-order chi connectivity index (χ0) is 10.6. The van der Waals surface area contributed by atoms with Gasteiger partial charge >= 0.3 is 5.97 Å². The summed E-state index contributed by atoms with van der Waals surface area (Å²) in [4.78, 5) is 22.0. The lowest BCUT2D eigenvalue weighted by atomic mass is 10.3. The Morgan fingerprint density at radius 3 is 2.64 bits per heavy atom. The number of rotatable bonds is 5. The van der Waals surface area contributed by atoms with E-state index in [0.29, 0.717) is 12.3 Å². The van der Waals surface area contributed by atoms with E-state index >= 15 is 0 Å². The highest BCUT2D eigenvalue weighted by molar-refractivity contribution is 5.81. The number of amides is 1. The van der Waals surface area contributed by atoms with Crippen molar-refractivity contribution < 1.29 is 14.3 Å². The summed E-state index contributed by atoms with van der Waals surface area (Å²) >= 11 is 0. The average molecular weight is 199 g/mol. The third kappa shape index (κ3) is 3.77. The molecule has 1 saturated carbocycles. The second-order valence-electron chi connectivity index (χ2n) is 3.66. The largest absolute Gasteiger partial charge is 0.461 e. The van der Waals surface area contributed by atoms with Crippen LogP contribution in [0.4, 0.5) is 0 Å². The molecule has 0 heterocycles. The van der Waals surface area contributed by atoms with E-state index in [2.05, 4.69) is 5.32 Å². The van der Waals surface area contributed by atoms with Crippen LogP contribution in [0.5, 0.6) is 0 Å². The standard InChI is InChI=1S/C10H17NO3/c1-3-9(12)11-6-10(13)14-7(2)8-4-5-8/h7-8H,3-6H2,1-2H3,(H,11,12). The van der Waals surface area contributed by atoms with Crippen LogP contribution in [0.25, 0.3) is 0 Å². The lowest BCUT2D eigenvalue weighted by molar-refractivity contribution is -0.149. The first-order chi connectivity index (χ1) is 6.63. The van der Waals surface area contributed by atoms with Crippen molar-refractivity contribution in [2.75, 3.05) is 6.54 Å². The Kier molecular flexibility index (Phi) is 3.92. The predicted molar refractivity (Wildman–Crippen MR) is 51.6 cm³/mol. The quantitative estimate of drug-likeness (QED) is 0.668. The van der Waals surface area contributed by atoms with Gasteiger partial charge < -0.3 is 10.1 Å². The smallest absolute Gasteiger partial charge is 0.325 e. The Balaban J connectivity index is 2.11. The number of hydrogen-bond donors (Lipinski definition) is 1. The number of hydrogen-bond acceptors (Lipinski definition) is 3. The predicted octanol–water partition coefficient (Wildman–Crippen LogP) is 0.854. The van der Waals surface area contributed by atoms with Crippen LogP contribution in [0, 0.1) is 5.92 Å². The van der Waals surface area contributed by atoms with Gasteiger partial charge in [-0.25, -0.2) is 0 Å². The van der Waals surface area contributed by atoms with E-state index in [9.17, 15) is 9.59 Å². The molecule has 0 aromatic rings. The highest BCUT2D eigenvalue weighted by atomic mass is 16.5. The summed E-state index contributed by atoms with van der Waals surface area (Å²) in [5, 5.41) is 2.48. The number of esters is 1. The molecule has 14 heavy (non-hydrogen) atoms. The molecule has 1 fully saturated rings. The summed E-state index contributed by atoms with van der Waals surface area (Å²) in [6.07, 6.45) is 2.69. The maximum atomic E-state index is 11.2. The molecule has 80 valence electrons. The minimum Gasteiger partial charge on any atom is -0.461 e. The molecule has 0 spiro atoms. The maximum Gasteiger partial charge on any atom is 0.325 e. The third-order valence-electron chi connectivity index (χ3n) is 2.35. The van der Waals surface area contributed by atoms with E-state index in [4.69, 9.17) is 4.74 Å². The van der Waals surface area contributed by atoms with E-state index < -0.39 is 0 Å². The molecule has 0 saturated heterocycles. The molecular formula is C10H17NO3. The molecule has 1 unspecified atom stereocenters. The van der Waals surface area contributed by atoms with Crippen molar-refractivity contribution in [2.45, 2.75) is 39.2 Å². The molecule has 1 aliphatic carbocycles. The zero-order valence-corrected chi connectivity index (χ0v) is 8.71. The van der Waals surface area contributed by atoms with Gasteiger partial charge in [-0.2, -0.15) is 0 Å². The Bertz CT molecular complexity index is 223. The molecule has 0 aliphatic heterocycles. The number of nitrogens with one attached hydrogen (secondary N) is 1. The fraction of sp³-hybridized carbons (Fsp3) is 0.800. The van der Waals surface area contributed by atoms with Gasteiger partial charge in [-0.1, -0.05) is 6.92 Å². The van der Waals surface area contributed by atoms with Crippen molar-refractivity contribution in [3.05, 3.63) is 0 Å². The molecule has 0 bridgehead atoms. The molecule has 4 heteroatoms. The van der Waals surface area contributed by atoms with Crippen LogP contribution in [0.3, 0.4) is 0 Å². The Morgan fingerprint density at radius 2 is 2.14 bits per heavy atom. The van der Waals surface area contributed by atoms with Gasteiger partial charge in [0.25, 0.3) is 0 Å². The van der Waals surface area contributed by atoms with Crippen LogP contribution >= 0.6 is 0 Å². The lowest BCUT2D eigenvalue weighted by Gasteiger charge is -2.12. The van der Waals surface area contributed by atoms with Crippen LogP contribution in [-0.2, 0) is 14.3 Å². The molecular weight excluding hydrogens is 182 g/mol. The fourth-order valence-electron chi connectivity index (χ4n) is 1.21. The first-order valence-electron chi connectivity index (χ1n) is 5.09. The van der Waals surface area contributed by atoms with Crippen molar-refractivity contribution >= 4 is 11.9 Å². The van der Waals surface area contributed by atoms with E-state index in [1.807, 2.05) is 6.92 Å². The van der Waals surface area contributed by atoms with Gasteiger partial charge in [-0.05, 0) is 25.7 Å².